The molecule has 0 bridgehead atoms. The molecule has 2 unspecified atom stereocenters. The molecular formula is C19H28FNO2. The van der Waals surface area contributed by atoms with E-state index in [1.54, 1.807) is 0 Å². The fraction of sp³-hybridized carbons (Fsp3) is 0.632. The molecule has 2 rings (SSSR count). The molecule has 0 aromatic heterocycles. The van der Waals surface area contributed by atoms with E-state index in [-0.39, 0.29) is 17.4 Å². The van der Waals surface area contributed by atoms with E-state index >= 15 is 0 Å². The van der Waals surface area contributed by atoms with Gasteiger partial charge in [-0.15, -0.1) is 0 Å². The molecule has 3 atom stereocenters. The molecule has 23 heavy (non-hydrogen) atoms. The van der Waals surface area contributed by atoms with Gasteiger partial charge in [0.25, 0.3) is 0 Å². The molecule has 1 saturated carbocycles. The molecule has 0 amide bonds. The number of alkyl halides is 1. The molecule has 128 valence electrons. The Kier molecular flexibility index (Phi) is 6.17. The highest BCUT2D eigenvalue weighted by molar-refractivity contribution is 5.69. The van der Waals surface area contributed by atoms with Crippen molar-refractivity contribution in [3.05, 3.63) is 35.9 Å². The van der Waals surface area contributed by atoms with Gasteiger partial charge in [0.05, 0.1) is 0 Å². The fourth-order valence-electron chi connectivity index (χ4n) is 3.77. The minimum atomic E-state index is -0.808. The minimum absolute atomic E-state index is 0.113. The van der Waals surface area contributed by atoms with Crippen LogP contribution in [0.25, 0.3) is 0 Å². The summed E-state index contributed by atoms with van der Waals surface area (Å²) in [4.78, 5) is 11.9. The Morgan fingerprint density at radius 2 is 2.09 bits per heavy atom. The maximum atomic E-state index is 13.8. The summed E-state index contributed by atoms with van der Waals surface area (Å²) in [6.07, 6.45) is 2.00. The summed E-state index contributed by atoms with van der Waals surface area (Å²) in [5.41, 5.74) is 7.00. The summed E-state index contributed by atoms with van der Waals surface area (Å²) in [5.74, 6) is 0.120. The molecule has 1 aliphatic rings. The molecule has 0 aliphatic heterocycles. The van der Waals surface area contributed by atoms with Crippen LogP contribution in [-0.2, 0) is 16.1 Å². The van der Waals surface area contributed by atoms with Crippen molar-refractivity contribution in [3.8, 4) is 0 Å². The second-order valence-electron chi connectivity index (χ2n) is 7.03. The van der Waals surface area contributed by atoms with E-state index in [1.807, 2.05) is 30.3 Å². The first kappa shape index (κ1) is 17.9. The number of esters is 1. The third-order valence-corrected chi connectivity index (χ3v) is 5.27. The quantitative estimate of drug-likeness (QED) is 0.772. The average Bonchev–Trinajstić information content (AvgIpc) is 2.81. The lowest BCUT2D eigenvalue weighted by atomic mass is 9.69. The van der Waals surface area contributed by atoms with E-state index in [9.17, 15) is 9.18 Å². The first-order valence-corrected chi connectivity index (χ1v) is 8.53. The zero-order chi connectivity index (χ0) is 16.9. The predicted octanol–water partition coefficient (Wildman–Crippen LogP) is 4.00. The van der Waals surface area contributed by atoms with Crippen LogP contribution in [0, 0.1) is 11.3 Å². The van der Waals surface area contributed by atoms with E-state index in [1.165, 1.54) is 0 Å². The lowest BCUT2D eigenvalue weighted by Gasteiger charge is -2.37. The second-order valence-corrected chi connectivity index (χ2v) is 7.03. The van der Waals surface area contributed by atoms with Gasteiger partial charge in [-0.25, -0.2) is 4.39 Å². The maximum absolute atomic E-state index is 13.8. The molecule has 0 spiro atoms. The molecule has 0 heterocycles. The van der Waals surface area contributed by atoms with Gasteiger partial charge in [0.1, 0.15) is 12.8 Å². The predicted molar refractivity (Wildman–Crippen MR) is 89.5 cm³/mol. The molecular weight excluding hydrogens is 293 g/mol. The Bertz CT molecular complexity index is 505. The second kappa shape index (κ2) is 7.91. The lowest BCUT2D eigenvalue weighted by Crippen LogP contribution is -2.41. The summed E-state index contributed by atoms with van der Waals surface area (Å²) in [6, 6.07) is 9.52. The Hall–Kier alpha value is -1.42. The van der Waals surface area contributed by atoms with Gasteiger partial charge in [-0.3, -0.25) is 4.79 Å². The van der Waals surface area contributed by atoms with Crippen LogP contribution < -0.4 is 5.73 Å². The van der Waals surface area contributed by atoms with Crippen LogP contribution in [-0.4, -0.2) is 18.2 Å². The van der Waals surface area contributed by atoms with Gasteiger partial charge < -0.3 is 10.5 Å². The van der Waals surface area contributed by atoms with Crippen LogP contribution in [0.15, 0.2) is 30.3 Å². The highest BCUT2D eigenvalue weighted by Gasteiger charge is 2.47. The lowest BCUT2D eigenvalue weighted by molar-refractivity contribution is -0.145. The Morgan fingerprint density at radius 1 is 1.39 bits per heavy atom. The molecule has 4 heteroatoms. The van der Waals surface area contributed by atoms with E-state index in [0.717, 1.165) is 12.0 Å². The van der Waals surface area contributed by atoms with Crippen molar-refractivity contribution in [1.82, 2.24) is 0 Å². The third-order valence-electron chi connectivity index (χ3n) is 5.27. The molecule has 1 aromatic rings. The van der Waals surface area contributed by atoms with Crippen LogP contribution in [0.3, 0.4) is 0 Å². The molecule has 0 radical (unpaired) electrons. The Morgan fingerprint density at radius 3 is 2.65 bits per heavy atom. The van der Waals surface area contributed by atoms with Crippen molar-refractivity contribution in [1.29, 1.82) is 0 Å². The largest absolute Gasteiger partial charge is 0.461 e. The van der Waals surface area contributed by atoms with Crippen LogP contribution in [0.1, 0.15) is 51.5 Å². The summed E-state index contributed by atoms with van der Waals surface area (Å²) in [6.45, 7) is 4.51. The minimum Gasteiger partial charge on any atom is -0.461 e. The first-order chi connectivity index (χ1) is 10.9. The highest BCUT2D eigenvalue weighted by Crippen LogP contribution is 2.48. The van der Waals surface area contributed by atoms with Crippen LogP contribution in [0.4, 0.5) is 4.39 Å². The van der Waals surface area contributed by atoms with Gasteiger partial charge in [-0.1, -0.05) is 44.2 Å². The van der Waals surface area contributed by atoms with Gasteiger partial charge >= 0.3 is 5.97 Å². The van der Waals surface area contributed by atoms with Crippen LogP contribution >= 0.6 is 0 Å². The molecule has 1 aromatic carbocycles. The number of carbonyl (C=O) groups excluding carboxylic acids is 1. The Balaban J connectivity index is 1.78. The normalized spacial score (nSPS) is 27.3. The SMILES string of the molecule is CC(C)C1(CCCC(=O)OCc2ccccc2)CC(F)C[C@H]1N. The van der Waals surface area contributed by atoms with E-state index in [4.69, 9.17) is 10.5 Å². The van der Waals surface area contributed by atoms with Crippen molar-refractivity contribution < 1.29 is 13.9 Å². The number of rotatable bonds is 7. The van der Waals surface area contributed by atoms with Crippen LogP contribution in [0.5, 0.6) is 0 Å². The summed E-state index contributed by atoms with van der Waals surface area (Å²) in [7, 11) is 0. The highest BCUT2D eigenvalue weighted by atomic mass is 19.1. The maximum Gasteiger partial charge on any atom is 0.306 e. The van der Waals surface area contributed by atoms with Crippen molar-refractivity contribution in [2.75, 3.05) is 0 Å². The van der Waals surface area contributed by atoms with E-state index in [2.05, 4.69) is 13.8 Å². The van der Waals surface area contributed by atoms with Gasteiger partial charge in [-0.05, 0) is 42.6 Å². The van der Waals surface area contributed by atoms with Crippen molar-refractivity contribution in [3.63, 3.8) is 0 Å². The summed E-state index contributed by atoms with van der Waals surface area (Å²) in [5, 5.41) is 0. The monoisotopic (exact) mass is 321 g/mol. The molecule has 1 fully saturated rings. The summed E-state index contributed by atoms with van der Waals surface area (Å²) >= 11 is 0. The number of hydrogen-bond acceptors (Lipinski definition) is 3. The number of halogens is 1. The third kappa shape index (κ3) is 4.54. The number of carbonyl (C=O) groups is 1. The van der Waals surface area contributed by atoms with Gasteiger partial charge in [0, 0.05) is 12.5 Å². The van der Waals surface area contributed by atoms with Gasteiger partial charge in [-0.2, -0.15) is 0 Å². The fourth-order valence-corrected chi connectivity index (χ4v) is 3.77. The number of nitrogens with two attached hydrogens (primary N) is 1. The number of benzene rings is 1. The standard InChI is InChI=1S/C19H28FNO2/c1-14(2)19(12-16(20)11-17(19)21)10-6-9-18(22)23-13-15-7-4-3-5-8-15/h3-5,7-8,14,16-17H,6,9-13,21H2,1-2H3/t16?,17-,19?/m1/s1. The molecule has 1 aliphatic carbocycles. The number of hydrogen-bond donors (Lipinski definition) is 1. The van der Waals surface area contributed by atoms with Gasteiger partial charge in [0.2, 0.25) is 0 Å². The van der Waals surface area contributed by atoms with Crippen molar-refractivity contribution in [2.24, 2.45) is 17.1 Å². The Labute approximate surface area is 138 Å². The first-order valence-electron chi connectivity index (χ1n) is 8.53. The van der Waals surface area contributed by atoms with E-state index in [0.29, 0.717) is 38.2 Å². The molecule has 3 nitrogen and oxygen atoms in total. The number of ether oxygens (including phenoxy) is 1. The average molecular weight is 321 g/mol. The molecule has 2 N–H and O–H groups in total. The molecule has 0 saturated heterocycles. The zero-order valence-electron chi connectivity index (χ0n) is 14.1. The van der Waals surface area contributed by atoms with Crippen molar-refractivity contribution >= 4 is 5.97 Å². The smallest absolute Gasteiger partial charge is 0.306 e. The van der Waals surface area contributed by atoms with E-state index < -0.39 is 6.17 Å². The zero-order valence-corrected chi connectivity index (χ0v) is 14.1. The van der Waals surface area contributed by atoms with Crippen LogP contribution in [0.2, 0.25) is 0 Å². The van der Waals surface area contributed by atoms with Gasteiger partial charge in [0.15, 0.2) is 0 Å². The topological polar surface area (TPSA) is 52.3 Å². The van der Waals surface area contributed by atoms with Crippen molar-refractivity contribution in [2.45, 2.75) is 64.8 Å². The summed E-state index contributed by atoms with van der Waals surface area (Å²) < 4.78 is 19.0.